The van der Waals surface area contributed by atoms with Crippen LogP contribution in [0, 0.1) is 0 Å². The van der Waals surface area contributed by atoms with Crippen molar-refractivity contribution in [3.05, 3.63) is 0 Å². The molecule has 1 aliphatic rings. The molecule has 1 fully saturated rings. The second kappa shape index (κ2) is 9.04. The van der Waals surface area contributed by atoms with Crippen molar-refractivity contribution >= 4 is 0 Å². The van der Waals surface area contributed by atoms with Crippen LogP contribution in [-0.2, 0) is 0 Å². The summed E-state index contributed by atoms with van der Waals surface area (Å²) >= 11 is 0. The van der Waals surface area contributed by atoms with Gasteiger partial charge >= 0.3 is 0 Å². The molecule has 1 N–H and O–H groups in total. The minimum absolute atomic E-state index is 0.767. The highest BCUT2D eigenvalue weighted by molar-refractivity contribution is 4.77. The highest BCUT2D eigenvalue weighted by atomic mass is 15.0. The first-order chi connectivity index (χ1) is 7.83. The Morgan fingerprint density at radius 3 is 2.31 bits per heavy atom. The Kier molecular flexibility index (Phi) is 7.92. The van der Waals surface area contributed by atoms with Crippen molar-refractivity contribution in [2.75, 3.05) is 0 Å². The Balaban J connectivity index is 1.86. The molecule has 0 radical (unpaired) electrons. The van der Waals surface area contributed by atoms with Gasteiger partial charge in [0.15, 0.2) is 0 Å². The highest BCUT2D eigenvalue weighted by Crippen LogP contribution is 2.17. The van der Waals surface area contributed by atoms with E-state index in [4.69, 9.17) is 0 Å². The lowest BCUT2D eigenvalue weighted by atomic mass is 9.95. The Bertz CT molecular complexity index is 156. The molecule has 1 rings (SSSR count). The average Bonchev–Trinajstić information content (AvgIpc) is 2.28. The zero-order valence-corrected chi connectivity index (χ0v) is 11.4. The Morgan fingerprint density at radius 1 is 0.938 bits per heavy atom. The molecular formula is C15H31N. The maximum Gasteiger partial charge on any atom is 0.00695 e. The van der Waals surface area contributed by atoms with E-state index >= 15 is 0 Å². The van der Waals surface area contributed by atoms with Crippen molar-refractivity contribution in [2.24, 2.45) is 0 Å². The van der Waals surface area contributed by atoms with Crippen LogP contribution < -0.4 is 5.32 Å². The van der Waals surface area contributed by atoms with Gasteiger partial charge in [-0.2, -0.15) is 0 Å². The molecule has 1 heteroatoms. The fraction of sp³-hybridized carbons (Fsp3) is 1.00. The summed E-state index contributed by atoms with van der Waals surface area (Å²) in [5.74, 6) is 0. The van der Waals surface area contributed by atoms with E-state index in [1.54, 1.807) is 0 Å². The Hall–Kier alpha value is -0.0400. The van der Waals surface area contributed by atoms with E-state index in [-0.39, 0.29) is 0 Å². The third-order valence-corrected chi connectivity index (χ3v) is 3.87. The van der Waals surface area contributed by atoms with Gasteiger partial charge in [-0.15, -0.1) is 0 Å². The smallest absolute Gasteiger partial charge is 0.00695 e. The lowest BCUT2D eigenvalue weighted by Crippen LogP contribution is -2.40. The fourth-order valence-electron chi connectivity index (χ4n) is 2.81. The van der Waals surface area contributed by atoms with Crippen molar-refractivity contribution in [2.45, 2.75) is 96.6 Å². The summed E-state index contributed by atoms with van der Waals surface area (Å²) in [6.07, 6.45) is 15.7. The van der Waals surface area contributed by atoms with Crippen LogP contribution in [0.4, 0.5) is 0 Å². The molecule has 1 saturated heterocycles. The fourth-order valence-corrected chi connectivity index (χ4v) is 2.81. The molecule has 16 heavy (non-hydrogen) atoms. The zero-order valence-electron chi connectivity index (χ0n) is 11.4. The SMILES string of the molecule is CCCCCCCCC[C@H]1CCC[C@@H](C)N1. The number of nitrogens with one attached hydrogen (secondary N) is 1. The molecule has 1 nitrogen and oxygen atoms in total. The van der Waals surface area contributed by atoms with Crippen LogP contribution in [0.3, 0.4) is 0 Å². The van der Waals surface area contributed by atoms with Gasteiger partial charge in [0.2, 0.25) is 0 Å². The van der Waals surface area contributed by atoms with E-state index in [9.17, 15) is 0 Å². The van der Waals surface area contributed by atoms with Gasteiger partial charge in [-0.25, -0.2) is 0 Å². The molecule has 0 amide bonds. The number of hydrogen-bond acceptors (Lipinski definition) is 1. The van der Waals surface area contributed by atoms with Gasteiger partial charge < -0.3 is 5.32 Å². The van der Waals surface area contributed by atoms with E-state index in [0.29, 0.717) is 0 Å². The van der Waals surface area contributed by atoms with E-state index in [2.05, 4.69) is 19.2 Å². The summed E-state index contributed by atoms with van der Waals surface area (Å²) in [6, 6.07) is 1.60. The predicted molar refractivity (Wildman–Crippen MR) is 72.8 cm³/mol. The molecule has 0 saturated carbocycles. The Morgan fingerprint density at radius 2 is 1.62 bits per heavy atom. The van der Waals surface area contributed by atoms with Gasteiger partial charge in [0.25, 0.3) is 0 Å². The molecular weight excluding hydrogens is 194 g/mol. The summed E-state index contributed by atoms with van der Waals surface area (Å²) in [5, 5.41) is 3.73. The number of hydrogen-bond donors (Lipinski definition) is 1. The average molecular weight is 225 g/mol. The largest absolute Gasteiger partial charge is 0.312 e. The minimum atomic E-state index is 0.767. The van der Waals surface area contributed by atoms with Crippen LogP contribution in [0.2, 0.25) is 0 Å². The lowest BCUT2D eigenvalue weighted by Gasteiger charge is -2.28. The first kappa shape index (κ1) is 14.0. The van der Waals surface area contributed by atoms with Gasteiger partial charge in [-0.3, -0.25) is 0 Å². The number of piperidine rings is 1. The molecule has 2 atom stereocenters. The first-order valence-electron chi connectivity index (χ1n) is 7.59. The topological polar surface area (TPSA) is 12.0 Å². The highest BCUT2D eigenvalue weighted by Gasteiger charge is 2.16. The van der Waals surface area contributed by atoms with Crippen LogP contribution in [0.1, 0.15) is 84.5 Å². The van der Waals surface area contributed by atoms with Crippen LogP contribution in [0.15, 0.2) is 0 Å². The quantitative estimate of drug-likeness (QED) is 0.593. The van der Waals surface area contributed by atoms with Crippen LogP contribution in [-0.4, -0.2) is 12.1 Å². The van der Waals surface area contributed by atoms with Crippen molar-refractivity contribution < 1.29 is 0 Å². The predicted octanol–water partition coefficient (Wildman–Crippen LogP) is 4.66. The van der Waals surface area contributed by atoms with Gasteiger partial charge in [0, 0.05) is 12.1 Å². The molecule has 0 bridgehead atoms. The first-order valence-corrected chi connectivity index (χ1v) is 7.59. The molecule has 1 heterocycles. The molecule has 0 spiro atoms. The summed E-state index contributed by atoms with van der Waals surface area (Å²) in [5.41, 5.74) is 0. The van der Waals surface area contributed by atoms with Gasteiger partial charge in [-0.1, -0.05) is 58.3 Å². The maximum atomic E-state index is 3.73. The van der Waals surface area contributed by atoms with Crippen molar-refractivity contribution in [1.29, 1.82) is 0 Å². The van der Waals surface area contributed by atoms with E-state index in [1.807, 2.05) is 0 Å². The van der Waals surface area contributed by atoms with Crippen LogP contribution in [0.5, 0.6) is 0 Å². The molecule has 0 aliphatic carbocycles. The summed E-state index contributed by atoms with van der Waals surface area (Å²) in [6.45, 7) is 4.62. The van der Waals surface area contributed by atoms with Gasteiger partial charge in [0.1, 0.15) is 0 Å². The molecule has 0 aromatic rings. The number of unbranched alkanes of at least 4 members (excludes halogenated alkanes) is 6. The summed E-state index contributed by atoms with van der Waals surface area (Å²) in [7, 11) is 0. The molecule has 96 valence electrons. The standard InChI is InChI=1S/C15H31N/c1-3-4-5-6-7-8-9-12-15-13-10-11-14(2)16-15/h14-16H,3-13H2,1-2H3/t14-,15+/m1/s1. The third-order valence-electron chi connectivity index (χ3n) is 3.87. The van der Waals surface area contributed by atoms with Crippen LogP contribution >= 0.6 is 0 Å². The van der Waals surface area contributed by atoms with E-state index in [1.165, 1.54) is 70.6 Å². The van der Waals surface area contributed by atoms with E-state index < -0.39 is 0 Å². The van der Waals surface area contributed by atoms with Gasteiger partial charge in [-0.05, 0) is 26.2 Å². The van der Waals surface area contributed by atoms with Crippen molar-refractivity contribution in [1.82, 2.24) is 5.32 Å². The van der Waals surface area contributed by atoms with Crippen molar-refractivity contribution in [3.8, 4) is 0 Å². The second-order valence-corrected chi connectivity index (χ2v) is 5.61. The summed E-state index contributed by atoms with van der Waals surface area (Å²) < 4.78 is 0. The molecule has 0 aromatic heterocycles. The zero-order chi connectivity index (χ0) is 11.6. The minimum Gasteiger partial charge on any atom is -0.312 e. The van der Waals surface area contributed by atoms with Gasteiger partial charge in [0.05, 0.1) is 0 Å². The normalized spacial score (nSPS) is 25.9. The second-order valence-electron chi connectivity index (χ2n) is 5.61. The molecule has 0 unspecified atom stereocenters. The monoisotopic (exact) mass is 225 g/mol. The Labute approximate surface area is 102 Å². The van der Waals surface area contributed by atoms with Crippen LogP contribution in [0.25, 0.3) is 0 Å². The third kappa shape index (κ3) is 6.52. The maximum absolute atomic E-state index is 3.73. The lowest BCUT2D eigenvalue weighted by molar-refractivity contribution is 0.314. The number of rotatable bonds is 8. The molecule has 0 aromatic carbocycles. The van der Waals surface area contributed by atoms with E-state index in [0.717, 1.165) is 12.1 Å². The van der Waals surface area contributed by atoms with Crippen molar-refractivity contribution in [3.63, 3.8) is 0 Å². The summed E-state index contributed by atoms with van der Waals surface area (Å²) in [4.78, 5) is 0. The molecule has 1 aliphatic heterocycles.